The van der Waals surface area contributed by atoms with Crippen molar-refractivity contribution in [2.24, 2.45) is 0 Å². The monoisotopic (exact) mass is 280 g/mol. The van der Waals surface area contributed by atoms with Crippen molar-refractivity contribution in [2.75, 3.05) is 7.11 Å². The molecule has 0 saturated heterocycles. The van der Waals surface area contributed by atoms with Gasteiger partial charge >= 0.3 is 0 Å². The molecule has 0 unspecified atom stereocenters. The summed E-state index contributed by atoms with van der Waals surface area (Å²) in [4.78, 5) is 25.0. The van der Waals surface area contributed by atoms with Crippen molar-refractivity contribution in [2.45, 2.75) is 18.8 Å². The topological polar surface area (TPSA) is 43.4 Å². The minimum atomic E-state index is -0.664. The standard InChI is InChI=1S/C18H16O3/c1-21-14-9-6-13(7-10-14)18(20)17-15-5-3-2-4-12(15)8-11-16(17)19/h2-7,9-10,17H,8,11H2,1H3/t17-/m1/s1. The van der Waals surface area contributed by atoms with Gasteiger partial charge < -0.3 is 4.74 Å². The van der Waals surface area contributed by atoms with E-state index in [1.165, 1.54) is 0 Å². The average Bonchev–Trinajstić information content (AvgIpc) is 2.54. The lowest BCUT2D eigenvalue weighted by Crippen LogP contribution is -2.27. The van der Waals surface area contributed by atoms with E-state index in [-0.39, 0.29) is 11.6 Å². The molecule has 106 valence electrons. The molecule has 0 N–H and O–H groups in total. The van der Waals surface area contributed by atoms with Gasteiger partial charge in [-0.3, -0.25) is 9.59 Å². The van der Waals surface area contributed by atoms with Crippen molar-refractivity contribution >= 4 is 11.6 Å². The van der Waals surface area contributed by atoms with Crippen LogP contribution in [0.5, 0.6) is 5.75 Å². The zero-order chi connectivity index (χ0) is 14.8. The third-order valence-corrected chi connectivity index (χ3v) is 3.97. The molecule has 3 rings (SSSR count). The molecule has 0 fully saturated rings. The molecule has 3 nitrogen and oxygen atoms in total. The van der Waals surface area contributed by atoms with Crippen molar-refractivity contribution in [1.82, 2.24) is 0 Å². The Morgan fingerprint density at radius 3 is 2.48 bits per heavy atom. The molecule has 1 atom stereocenters. The fourth-order valence-corrected chi connectivity index (χ4v) is 2.83. The Morgan fingerprint density at radius 1 is 1.05 bits per heavy atom. The number of Topliss-reactive ketones (excluding diaryl/α,β-unsaturated/α-hetero) is 2. The number of rotatable bonds is 3. The number of aryl methyl sites for hydroxylation is 1. The first-order valence-electron chi connectivity index (χ1n) is 6.99. The fraction of sp³-hybridized carbons (Fsp3) is 0.222. The molecule has 2 aromatic carbocycles. The third kappa shape index (κ3) is 2.47. The predicted molar refractivity (Wildman–Crippen MR) is 79.8 cm³/mol. The van der Waals surface area contributed by atoms with Crippen LogP contribution >= 0.6 is 0 Å². The number of hydrogen-bond donors (Lipinski definition) is 0. The molecule has 0 heterocycles. The van der Waals surface area contributed by atoms with E-state index in [2.05, 4.69) is 0 Å². The van der Waals surface area contributed by atoms with Gasteiger partial charge in [-0.1, -0.05) is 24.3 Å². The van der Waals surface area contributed by atoms with E-state index in [1.54, 1.807) is 31.4 Å². The van der Waals surface area contributed by atoms with Crippen LogP contribution in [-0.4, -0.2) is 18.7 Å². The van der Waals surface area contributed by atoms with Crippen LogP contribution in [0.25, 0.3) is 0 Å². The second-order valence-corrected chi connectivity index (χ2v) is 5.19. The molecule has 0 radical (unpaired) electrons. The maximum atomic E-state index is 12.7. The number of benzene rings is 2. The number of carbonyl (C=O) groups is 2. The van der Waals surface area contributed by atoms with Crippen LogP contribution in [0.1, 0.15) is 33.8 Å². The minimum Gasteiger partial charge on any atom is -0.497 e. The lowest BCUT2D eigenvalue weighted by atomic mass is 9.78. The van der Waals surface area contributed by atoms with Crippen LogP contribution in [-0.2, 0) is 11.2 Å². The Hall–Kier alpha value is -2.42. The summed E-state index contributed by atoms with van der Waals surface area (Å²) in [5, 5.41) is 0. The first kappa shape index (κ1) is 13.6. The molecule has 21 heavy (non-hydrogen) atoms. The van der Waals surface area contributed by atoms with Gasteiger partial charge in [0.05, 0.1) is 7.11 Å². The summed E-state index contributed by atoms with van der Waals surface area (Å²) >= 11 is 0. The first-order chi connectivity index (χ1) is 10.2. The molecular formula is C18H16O3. The van der Waals surface area contributed by atoms with Crippen molar-refractivity contribution in [3.8, 4) is 5.75 Å². The summed E-state index contributed by atoms with van der Waals surface area (Å²) in [6, 6.07) is 14.6. The predicted octanol–water partition coefficient (Wildman–Crippen LogP) is 3.18. The lowest BCUT2D eigenvalue weighted by Gasteiger charge is -2.23. The normalized spacial score (nSPS) is 17.2. The third-order valence-electron chi connectivity index (χ3n) is 3.97. The molecule has 1 aliphatic rings. The van der Waals surface area contributed by atoms with E-state index in [9.17, 15) is 9.59 Å². The zero-order valence-corrected chi connectivity index (χ0v) is 11.8. The van der Waals surface area contributed by atoms with E-state index in [1.807, 2.05) is 24.3 Å². The summed E-state index contributed by atoms with van der Waals surface area (Å²) in [7, 11) is 1.58. The van der Waals surface area contributed by atoms with Crippen LogP contribution in [0.3, 0.4) is 0 Å². The number of ketones is 2. The quantitative estimate of drug-likeness (QED) is 0.640. The van der Waals surface area contributed by atoms with Gasteiger partial charge in [0.25, 0.3) is 0 Å². The SMILES string of the molecule is COc1ccc(C(=O)[C@H]2C(=O)CCc3ccccc32)cc1. The fourth-order valence-electron chi connectivity index (χ4n) is 2.83. The lowest BCUT2D eigenvalue weighted by molar-refractivity contribution is -0.119. The van der Waals surface area contributed by atoms with Crippen molar-refractivity contribution in [3.05, 3.63) is 65.2 Å². The van der Waals surface area contributed by atoms with Crippen LogP contribution in [0, 0.1) is 0 Å². The van der Waals surface area contributed by atoms with Gasteiger partial charge in [0.15, 0.2) is 5.78 Å². The summed E-state index contributed by atoms with van der Waals surface area (Å²) < 4.78 is 5.09. The zero-order valence-electron chi connectivity index (χ0n) is 11.8. The smallest absolute Gasteiger partial charge is 0.177 e. The van der Waals surface area contributed by atoms with Crippen LogP contribution in [0.15, 0.2) is 48.5 Å². The molecule has 1 aliphatic carbocycles. The van der Waals surface area contributed by atoms with Crippen LogP contribution in [0.4, 0.5) is 0 Å². The van der Waals surface area contributed by atoms with Gasteiger partial charge in [0.2, 0.25) is 0 Å². The van der Waals surface area contributed by atoms with Crippen LogP contribution in [0.2, 0.25) is 0 Å². The summed E-state index contributed by atoms with van der Waals surface area (Å²) in [6.45, 7) is 0. The molecule has 0 spiro atoms. The second kappa shape index (κ2) is 5.52. The highest BCUT2D eigenvalue weighted by molar-refractivity contribution is 6.15. The van der Waals surface area contributed by atoms with Gasteiger partial charge in [-0.25, -0.2) is 0 Å². The summed E-state index contributed by atoms with van der Waals surface area (Å²) in [5.74, 6) is -0.0883. The Bertz CT molecular complexity index is 686. The Balaban J connectivity index is 1.98. The van der Waals surface area contributed by atoms with E-state index < -0.39 is 5.92 Å². The number of ether oxygens (including phenoxy) is 1. The van der Waals surface area contributed by atoms with Crippen molar-refractivity contribution < 1.29 is 14.3 Å². The van der Waals surface area contributed by atoms with Crippen LogP contribution < -0.4 is 4.74 Å². The molecular weight excluding hydrogens is 264 g/mol. The molecule has 0 amide bonds. The maximum absolute atomic E-state index is 12.7. The van der Waals surface area contributed by atoms with Gasteiger partial charge in [-0.2, -0.15) is 0 Å². The van der Waals surface area contributed by atoms with E-state index in [4.69, 9.17) is 4.74 Å². The number of fused-ring (bicyclic) bond motifs is 1. The number of hydrogen-bond acceptors (Lipinski definition) is 3. The van der Waals surface area contributed by atoms with E-state index in [0.29, 0.717) is 17.7 Å². The second-order valence-electron chi connectivity index (χ2n) is 5.19. The van der Waals surface area contributed by atoms with Crippen molar-refractivity contribution in [1.29, 1.82) is 0 Å². The molecule has 0 bridgehead atoms. The van der Waals surface area contributed by atoms with Gasteiger partial charge in [0.1, 0.15) is 17.5 Å². The largest absolute Gasteiger partial charge is 0.497 e. The van der Waals surface area contributed by atoms with Gasteiger partial charge in [-0.05, 0) is 41.8 Å². The first-order valence-corrected chi connectivity index (χ1v) is 6.99. The average molecular weight is 280 g/mol. The number of methoxy groups -OCH3 is 1. The highest BCUT2D eigenvalue weighted by Gasteiger charge is 2.33. The van der Waals surface area contributed by atoms with Crippen molar-refractivity contribution in [3.63, 3.8) is 0 Å². The molecule has 0 aromatic heterocycles. The molecule has 0 aliphatic heterocycles. The van der Waals surface area contributed by atoms with Gasteiger partial charge in [0, 0.05) is 12.0 Å². The molecule has 3 heteroatoms. The molecule has 0 saturated carbocycles. The highest BCUT2D eigenvalue weighted by Crippen LogP contribution is 2.32. The van der Waals surface area contributed by atoms with E-state index in [0.717, 1.165) is 17.5 Å². The molecule has 2 aromatic rings. The summed E-state index contributed by atoms with van der Waals surface area (Å²) in [6.07, 6.45) is 1.16. The Labute approximate surface area is 123 Å². The number of carbonyl (C=O) groups excluding carboxylic acids is 2. The maximum Gasteiger partial charge on any atom is 0.177 e. The van der Waals surface area contributed by atoms with E-state index >= 15 is 0 Å². The summed E-state index contributed by atoms with van der Waals surface area (Å²) in [5.41, 5.74) is 2.50. The Kier molecular flexibility index (Phi) is 3.57. The highest BCUT2D eigenvalue weighted by atomic mass is 16.5. The van der Waals surface area contributed by atoms with Gasteiger partial charge in [-0.15, -0.1) is 0 Å². The minimum absolute atomic E-state index is 0.00881. The Morgan fingerprint density at radius 2 is 1.76 bits per heavy atom.